The number of para-hydroxylation sites is 1. The van der Waals surface area contributed by atoms with Crippen molar-refractivity contribution in [3.63, 3.8) is 0 Å². The van der Waals surface area contributed by atoms with Crippen molar-refractivity contribution in [1.29, 1.82) is 5.26 Å². The first-order chi connectivity index (χ1) is 12.0. The Labute approximate surface area is 152 Å². The summed E-state index contributed by atoms with van der Waals surface area (Å²) < 4.78 is 0. The molecule has 2 aromatic rings. The average Bonchev–Trinajstić information content (AvgIpc) is 2.62. The molecule has 1 aliphatic rings. The minimum absolute atomic E-state index is 0.00773. The molecule has 0 saturated heterocycles. The van der Waals surface area contributed by atoms with Gasteiger partial charge >= 0.3 is 0 Å². The Bertz CT molecular complexity index is 853. The van der Waals surface area contributed by atoms with E-state index in [0.29, 0.717) is 5.03 Å². The fourth-order valence-corrected chi connectivity index (χ4v) is 3.14. The zero-order chi connectivity index (χ0) is 18.0. The van der Waals surface area contributed by atoms with E-state index < -0.39 is 12.1 Å². The van der Waals surface area contributed by atoms with Crippen molar-refractivity contribution in [2.75, 3.05) is 23.9 Å². The van der Waals surface area contributed by atoms with Gasteiger partial charge in [0.25, 0.3) is 5.91 Å². The normalized spacial score (nSPS) is 17.1. The molecule has 1 heterocycles. The summed E-state index contributed by atoms with van der Waals surface area (Å²) in [5.41, 5.74) is 2.83. The van der Waals surface area contributed by atoms with Crippen LogP contribution in [0.25, 0.3) is 0 Å². The number of nitrogens with one attached hydrogen (secondary N) is 1. The summed E-state index contributed by atoms with van der Waals surface area (Å²) in [6.45, 7) is 0. The zero-order valence-corrected chi connectivity index (χ0v) is 14.9. The van der Waals surface area contributed by atoms with E-state index in [4.69, 9.17) is 0 Å². The lowest BCUT2D eigenvalue weighted by molar-refractivity contribution is -0.118. The second-order valence-electron chi connectivity index (χ2n) is 5.88. The molecule has 0 unspecified atom stereocenters. The molecule has 0 radical (unpaired) electrons. The third kappa shape index (κ3) is 3.19. The molecule has 25 heavy (non-hydrogen) atoms. The zero-order valence-electron chi connectivity index (χ0n) is 14.0. The number of hydrogen-bond acceptors (Lipinski definition) is 5. The van der Waals surface area contributed by atoms with Gasteiger partial charge in [0.05, 0.1) is 5.03 Å². The van der Waals surface area contributed by atoms with Crippen LogP contribution in [0.5, 0.6) is 0 Å². The first-order valence-electron chi connectivity index (χ1n) is 7.78. The predicted octanol–water partition coefficient (Wildman–Crippen LogP) is 3.05. The topological polar surface area (TPSA) is 59.4 Å². The van der Waals surface area contributed by atoms with Crippen molar-refractivity contribution in [2.24, 2.45) is 0 Å². The number of amides is 1. The Kier molecular flexibility index (Phi) is 4.68. The van der Waals surface area contributed by atoms with E-state index in [0.717, 1.165) is 16.9 Å². The summed E-state index contributed by atoms with van der Waals surface area (Å²) >= 11 is 4.48. The molecule has 2 aromatic carbocycles. The maximum Gasteiger partial charge on any atom is 0.266 e. The highest BCUT2D eigenvalue weighted by Gasteiger charge is 2.33. The first-order valence-corrected chi connectivity index (χ1v) is 8.23. The molecule has 3 rings (SSSR count). The summed E-state index contributed by atoms with van der Waals surface area (Å²) in [6.07, 6.45) is -0.435. The summed E-state index contributed by atoms with van der Waals surface area (Å²) in [5, 5.41) is 12.6. The van der Waals surface area contributed by atoms with E-state index in [1.165, 1.54) is 0 Å². The van der Waals surface area contributed by atoms with Gasteiger partial charge in [0, 0.05) is 25.5 Å². The Balaban J connectivity index is 2.09. The van der Waals surface area contributed by atoms with E-state index in [1.807, 2.05) is 84.6 Å². The average molecular weight is 350 g/mol. The molecule has 1 atom stereocenters. The standard InChI is InChI=1S/C19H18N4OS/c1-22(2)14-10-8-13(9-11-14)17-21-18(24)16(12-20)19(25)23(17)15-6-4-3-5-7-15/h3-11,17,25H,1-2H3,(H,21,24)/t17-/m0/s1. The smallest absolute Gasteiger partial charge is 0.266 e. The van der Waals surface area contributed by atoms with E-state index in [1.54, 1.807) is 0 Å². The minimum Gasteiger partial charge on any atom is -0.378 e. The van der Waals surface area contributed by atoms with E-state index in [2.05, 4.69) is 17.9 Å². The van der Waals surface area contributed by atoms with Gasteiger partial charge < -0.3 is 15.1 Å². The van der Waals surface area contributed by atoms with Crippen LogP contribution in [0.2, 0.25) is 0 Å². The highest BCUT2D eigenvalue weighted by atomic mass is 32.1. The van der Waals surface area contributed by atoms with Crippen molar-refractivity contribution in [3.05, 3.63) is 70.8 Å². The molecule has 0 spiro atoms. The van der Waals surface area contributed by atoms with Crippen LogP contribution in [0.1, 0.15) is 11.7 Å². The number of thiol groups is 1. The monoisotopic (exact) mass is 350 g/mol. The Hall–Kier alpha value is -2.91. The van der Waals surface area contributed by atoms with Gasteiger partial charge in [-0.05, 0) is 29.8 Å². The Morgan fingerprint density at radius 2 is 1.76 bits per heavy atom. The fourth-order valence-electron chi connectivity index (χ4n) is 2.75. The van der Waals surface area contributed by atoms with E-state index in [9.17, 15) is 10.1 Å². The largest absolute Gasteiger partial charge is 0.378 e. The Morgan fingerprint density at radius 1 is 1.12 bits per heavy atom. The summed E-state index contributed by atoms with van der Waals surface area (Å²) in [4.78, 5) is 16.2. The maximum atomic E-state index is 12.3. The Morgan fingerprint density at radius 3 is 2.32 bits per heavy atom. The summed E-state index contributed by atoms with van der Waals surface area (Å²) in [5.74, 6) is -0.415. The molecule has 1 amide bonds. The molecule has 1 N–H and O–H groups in total. The van der Waals surface area contributed by atoms with Crippen molar-refractivity contribution >= 4 is 29.9 Å². The van der Waals surface area contributed by atoms with Crippen LogP contribution in [0.15, 0.2) is 65.2 Å². The molecule has 6 heteroatoms. The maximum absolute atomic E-state index is 12.3. The molecular weight excluding hydrogens is 332 g/mol. The van der Waals surface area contributed by atoms with Crippen molar-refractivity contribution in [3.8, 4) is 6.07 Å². The minimum atomic E-state index is -0.435. The van der Waals surface area contributed by atoms with E-state index >= 15 is 0 Å². The van der Waals surface area contributed by atoms with Crippen molar-refractivity contribution in [1.82, 2.24) is 5.32 Å². The molecule has 1 aliphatic heterocycles. The van der Waals surface area contributed by atoms with Gasteiger partial charge in [0.1, 0.15) is 17.8 Å². The molecule has 0 bridgehead atoms. The van der Waals surface area contributed by atoms with Crippen LogP contribution >= 0.6 is 12.6 Å². The highest BCUT2D eigenvalue weighted by molar-refractivity contribution is 7.84. The van der Waals surface area contributed by atoms with Crippen molar-refractivity contribution in [2.45, 2.75) is 6.17 Å². The predicted molar refractivity (Wildman–Crippen MR) is 102 cm³/mol. The van der Waals surface area contributed by atoms with Gasteiger partial charge in [0.15, 0.2) is 0 Å². The second-order valence-corrected chi connectivity index (χ2v) is 6.30. The lowest BCUT2D eigenvalue weighted by Gasteiger charge is -2.38. The number of benzene rings is 2. The summed E-state index contributed by atoms with van der Waals surface area (Å²) in [6, 6.07) is 19.4. The number of carbonyl (C=O) groups excluding carboxylic acids is 1. The van der Waals surface area contributed by atoms with Crippen LogP contribution in [0.4, 0.5) is 11.4 Å². The lowest BCUT2D eigenvalue weighted by Crippen LogP contribution is -2.46. The van der Waals surface area contributed by atoms with Gasteiger partial charge in [-0.3, -0.25) is 4.79 Å². The highest BCUT2D eigenvalue weighted by Crippen LogP contribution is 2.35. The van der Waals surface area contributed by atoms with Crippen LogP contribution in [0.3, 0.4) is 0 Å². The van der Waals surface area contributed by atoms with Crippen LogP contribution in [-0.2, 0) is 4.79 Å². The number of hydrogen-bond donors (Lipinski definition) is 2. The van der Waals surface area contributed by atoms with Gasteiger partial charge in [-0.15, -0.1) is 12.6 Å². The summed E-state index contributed by atoms with van der Waals surface area (Å²) in [7, 11) is 3.95. The molecule has 0 saturated carbocycles. The molecule has 0 fully saturated rings. The van der Waals surface area contributed by atoms with Gasteiger partial charge in [-0.25, -0.2) is 0 Å². The van der Waals surface area contributed by atoms with Gasteiger partial charge in [0.2, 0.25) is 0 Å². The SMILES string of the molecule is CN(C)c1ccc([C@H]2NC(=O)C(C#N)=C(S)N2c2ccccc2)cc1. The lowest BCUT2D eigenvalue weighted by atomic mass is 10.1. The molecule has 0 aliphatic carbocycles. The number of nitriles is 1. The molecule has 126 valence electrons. The molecule has 5 nitrogen and oxygen atoms in total. The van der Waals surface area contributed by atoms with Crippen molar-refractivity contribution < 1.29 is 4.79 Å². The van der Waals surface area contributed by atoms with Gasteiger partial charge in [-0.1, -0.05) is 30.3 Å². The van der Waals surface area contributed by atoms with Crippen LogP contribution < -0.4 is 15.1 Å². The van der Waals surface area contributed by atoms with Gasteiger partial charge in [-0.2, -0.15) is 5.26 Å². The third-order valence-corrected chi connectivity index (χ3v) is 4.52. The number of nitrogens with zero attached hydrogens (tertiary/aromatic N) is 3. The quantitative estimate of drug-likeness (QED) is 0.836. The van der Waals surface area contributed by atoms with Crippen LogP contribution in [0, 0.1) is 11.3 Å². The fraction of sp³-hybridized carbons (Fsp3) is 0.158. The first kappa shape index (κ1) is 16.9. The third-order valence-electron chi connectivity index (χ3n) is 4.08. The van der Waals surface area contributed by atoms with E-state index in [-0.39, 0.29) is 5.57 Å². The molecular formula is C19H18N4OS. The second kappa shape index (κ2) is 6.91. The van der Waals surface area contributed by atoms with Crippen LogP contribution in [-0.4, -0.2) is 20.0 Å². The number of rotatable bonds is 3. The number of carbonyl (C=O) groups is 1. The number of anilines is 2. The molecule has 0 aromatic heterocycles.